The maximum atomic E-state index is 12.1. The van der Waals surface area contributed by atoms with E-state index in [2.05, 4.69) is 20.4 Å². The Balaban J connectivity index is 1.59. The summed E-state index contributed by atoms with van der Waals surface area (Å²) in [6.45, 7) is 0.819. The standard InChI is InChI=1S/C21H32F3N3O2/c1-25-20(26-12-5-13-29-19-6-3-2-4-7-19)27-14-17-8-10-18(11-9-17)15-28-16-21(22,23)24/h8-11,19H,2-7,12-16H2,1H3,(H2,25,26,27). The average molecular weight is 416 g/mol. The van der Waals surface area contributed by atoms with Crippen molar-refractivity contribution in [3.05, 3.63) is 35.4 Å². The zero-order valence-corrected chi connectivity index (χ0v) is 17.1. The van der Waals surface area contributed by atoms with Crippen LogP contribution in [0.5, 0.6) is 0 Å². The molecule has 8 heteroatoms. The molecule has 1 aromatic rings. The molecular formula is C21H32F3N3O2. The fourth-order valence-electron chi connectivity index (χ4n) is 3.21. The average Bonchev–Trinajstić information content (AvgIpc) is 2.71. The third-order valence-corrected chi connectivity index (χ3v) is 4.76. The number of nitrogens with one attached hydrogen (secondary N) is 2. The molecule has 0 saturated heterocycles. The van der Waals surface area contributed by atoms with Gasteiger partial charge in [-0.25, -0.2) is 0 Å². The topological polar surface area (TPSA) is 54.9 Å². The molecular weight excluding hydrogens is 383 g/mol. The first-order valence-corrected chi connectivity index (χ1v) is 10.2. The summed E-state index contributed by atoms with van der Waals surface area (Å²) in [5.74, 6) is 0.709. The molecule has 0 atom stereocenters. The van der Waals surface area contributed by atoms with Crippen molar-refractivity contribution in [2.75, 3.05) is 26.8 Å². The van der Waals surface area contributed by atoms with E-state index in [0.29, 0.717) is 24.2 Å². The summed E-state index contributed by atoms with van der Waals surface area (Å²) in [6, 6.07) is 7.27. The van der Waals surface area contributed by atoms with Crippen LogP contribution < -0.4 is 10.6 Å². The number of halogens is 3. The van der Waals surface area contributed by atoms with Crippen molar-refractivity contribution < 1.29 is 22.6 Å². The number of ether oxygens (including phenoxy) is 2. The Morgan fingerprint density at radius 3 is 2.41 bits per heavy atom. The predicted octanol–water partition coefficient (Wildman–Crippen LogP) is 4.17. The Morgan fingerprint density at radius 2 is 1.76 bits per heavy atom. The molecule has 1 aliphatic rings. The number of guanidine groups is 1. The third kappa shape index (κ3) is 10.5. The molecule has 0 bridgehead atoms. The van der Waals surface area contributed by atoms with E-state index in [9.17, 15) is 13.2 Å². The first-order valence-electron chi connectivity index (χ1n) is 10.2. The van der Waals surface area contributed by atoms with Gasteiger partial charge in [0.2, 0.25) is 0 Å². The first-order chi connectivity index (χ1) is 14.0. The Hall–Kier alpha value is -1.80. The molecule has 0 aromatic heterocycles. The molecule has 1 aliphatic carbocycles. The van der Waals surface area contributed by atoms with Crippen LogP contribution in [0.25, 0.3) is 0 Å². The van der Waals surface area contributed by atoms with Crippen molar-refractivity contribution in [3.8, 4) is 0 Å². The monoisotopic (exact) mass is 415 g/mol. The van der Waals surface area contributed by atoms with Crippen molar-refractivity contribution in [1.82, 2.24) is 10.6 Å². The van der Waals surface area contributed by atoms with E-state index in [-0.39, 0.29) is 6.61 Å². The van der Waals surface area contributed by atoms with E-state index < -0.39 is 12.8 Å². The van der Waals surface area contributed by atoms with Gasteiger partial charge in [-0.3, -0.25) is 4.99 Å². The highest BCUT2D eigenvalue weighted by molar-refractivity contribution is 5.79. The fraction of sp³-hybridized carbons (Fsp3) is 0.667. The van der Waals surface area contributed by atoms with Crippen molar-refractivity contribution in [2.45, 2.75) is 64.0 Å². The molecule has 5 nitrogen and oxygen atoms in total. The number of alkyl halides is 3. The largest absolute Gasteiger partial charge is 0.411 e. The number of hydrogen-bond donors (Lipinski definition) is 2. The second kappa shape index (κ2) is 12.7. The first kappa shape index (κ1) is 23.5. The highest BCUT2D eigenvalue weighted by Crippen LogP contribution is 2.20. The van der Waals surface area contributed by atoms with Gasteiger partial charge in [0.25, 0.3) is 0 Å². The Kier molecular flexibility index (Phi) is 10.3. The lowest BCUT2D eigenvalue weighted by atomic mass is 9.98. The smallest absolute Gasteiger partial charge is 0.378 e. The summed E-state index contributed by atoms with van der Waals surface area (Å²) in [5, 5.41) is 6.49. The molecule has 0 radical (unpaired) electrons. The van der Waals surface area contributed by atoms with Gasteiger partial charge in [0.05, 0.1) is 12.7 Å². The highest BCUT2D eigenvalue weighted by Gasteiger charge is 2.27. The van der Waals surface area contributed by atoms with Crippen molar-refractivity contribution >= 4 is 5.96 Å². The molecule has 1 fully saturated rings. The maximum absolute atomic E-state index is 12.1. The van der Waals surface area contributed by atoms with Crippen molar-refractivity contribution in [1.29, 1.82) is 0 Å². The van der Waals surface area contributed by atoms with Gasteiger partial charge in [-0.1, -0.05) is 43.5 Å². The van der Waals surface area contributed by atoms with Crippen LogP contribution in [-0.2, 0) is 22.6 Å². The third-order valence-electron chi connectivity index (χ3n) is 4.76. The van der Waals surface area contributed by atoms with Gasteiger partial charge in [-0.2, -0.15) is 13.2 Å². The van der Waals surface area contributed by atoms with Crippen LogP contribution in [0.4, 0.5) is 13.2 Å². The van der Waals surface area contributed by atoms with E-state index in [0.717, 1.165) is 25.1 Å². The Labute approximate surface area is 171 Å². The van der Waals surface area contributed by atoms with E-state index in [1.165, 1.54) is 32.1 Å². The number of nitrogens with zero attached hydrogens (tertiary/aromatic N) is 1. The van der Waals surface area contributed by atoms with Gasteiger partial charge in [0, 0.05) is 26.7 Å². The van der Waals surface area contributed by atoms with Gasteiger partial charge < -0.3 is 20.1 Å². The Morgan fingerprint density at radius 1 is 1.07 bits per heavy atom. The summed E-state index contributed by atoms with van der Waals surface area (Å²) < 4.78 is 46.8. The van der Waals surface area contributed by atoms with Crippen LogP contribution >= 0.6 is 0 Å². The van der Waals surface area contributed by atoms with Gasteiger partial charge in [-0.15, -0.1) is 0 Å². The minimum atomic E-state index is -4.30. The zero-order chi connectivity index (χ0) is 21.0. The molecule has 1 saturated carbocycles. The molecule has 0 amide bonds. The van der Waals surface area contributed by atoms with Crippen LogP contribution in [0.2, 0.25) is 0 Å². The van der Waals surface area contributed by atoms with Gasteiger partial charge in [0.1, 0.15) is 6.61 Å². The number of rotatable bonds is 10. The minimum absolute atomic E-state index is 0.0562. The SMILES string of the molecule is CN=C(NCCCOC1CCCCC1)NCc1ccc(COCC(F)(F)F)cc1. The number of hydrogen-bond acceptors (Lipinski definition) is 3. The van der Waals surface area contributed by atoms with Crippen LogP contribution in [-0.4, -0.2) is 45.0 Å². The molecule has 0 heterocycles. The van der Waals surface area contributed by atoms with Gasteiger partial charge >= 0.3 is 6.18 Å². The lowest BCUT2D eigenvalue weighted by molar-refractivity contribution is -0.176. The normalized spacial score (nSPS) is 16.1. The van der Waals surface area contributed by atoms with Crippen LogP contribution in [0.3, 0.4) is 0 Å². The fourth-order valence-corrected chi connectivity index (χ4v) is 3.21. The predicted molar refractivity (Wildman–Crippen MR) is 108 cm³/mol. The highest BCUT2D eigenvalue weighted by atomic mass is 19.4. The summed E-state index contributed by atoms with van der Waals surface area (Å²) >= 11 is 0. The lowest BCUT2D eigenvalue weighted by Gasteiger charge is -2.22. The molecule has 2 rings (SSSR count). The second-order valence-corrected chi connectivity index (χ2v) is 7.26. The molecule has 0 aliphatic heterocycles. The molecule has 29 heavy (non-hydrogen) atoms. The summed E-state index contributed by atoms with van der Waals surface area (Å²) in [6.07, 6.45) is 3.31. The molecule has 2 N–H and O–H groups in total. The van der Waals surface area contributed by atoms with E-state index in [1.807, 2.05) is 12.1 Å². The maximum Gasteiger partial charge on any atom is 0.411 e. The van der Waals surface area contributed by atoms with E-state index in [4.69, 9.17) is 4.74 Å². The van der Waals surface area contributed by atoms with Crippen LogP contribution in [0.15, 0.2) is 29.3 Å². The number of benzene rings is 1. The molecule has 0 unspecified atom stereocenters. The van der Waals surface area contributed by atoms with Gasteiger partial charge in [-0.05, 0) is 30.4 Å². The molecule has 0 spiro atoms. The van der Waals surface area contributed by atoms with Gasteiger partial charge in [0.15, 0.2) is 5.96 Å². The number of aliphatic imine (C=N–C) groups is 1. The van der Waals surface area contributed by atoms with E-state index >= 15 is 0 Å². The van der Waals surface area contributed by atoms with Crippen LogP contribution in [0.1, 0.15) is 49.7 Å². The summed E-state index contributed by atoms with van der Waals surface area (Å²) in [5.41, 5.74) is 1.71. The van der Waals surface area contributed by atoms with Crippen molar-refractivity contribution in [3.63, 3.8) is 0 Å². The molecule has 1 aromatic carbocycles. The Bertz CT molecular complexity index is 600. The van der Waals surface area contributed by atoms with Crippen LogP contribution in [0, 0.1) is 0 Å². The minimum Gasteiger partial charge on any atom is -0.378 e. The summed E-state index contributed by atoms with van der Waals surface area (Å²) in [4.78, 5) is 4.20. The second-order valence-electron chi connectivity index (χ2n) is 7.26. The lowest BCUT2D eigenvalue weighted by Crippen LogP contribution is -2.37. The zero-order valence-electron chi connectivity index (χ0n) is 17.1. The quantitative estimate of drug-likeness (QED) is 0.342. The molecule has 164 valence electrons. The summed E-state index contributed by atoms with van der Waals surface area (Å²) in [7, 11) is 1.72. The van der Waals surface area contributed by atoms with E-state index in [1.54, 1.807) is 19.2 Å². The van der Waals surface area contributed by atoms with Crippen molar-refractivity contribution in [2.24, 2.45) is 4.99 Å².